The number of aliphatic imine (C=N–C) groups is 1. The third kappa shape index (κ3) is 7.01. The Labute approximate surface area is 166 Å². The lowest BCUT2D eigenvalue weighted by molar-refractivity contribution is 0.318. The molecule has 1 aromatic heterocycles. The second-order valence-corrected chi connectivity index (χ2v) is 6.80. The summed E-state index contributed by atoms with van der Waals surface area (Å²) in [6.45, 7) is 12.1. The molecule has 1 aromatic carbocycles. The number of aryl methyl sites for hydroxylation is 1. The fraction of sp³-hybridized carbons (Fsp3) is 0.500. The highest BCUT2D eigenvalue weighted by Gasteiger charge is 2.21. The Balaban J connectivity index is 0.00000312. The van der Waals surface area contributed by atoms with Crippen molar-refractivity contribution in [1.82, 2.24) is 20.8 Å². The van der Waals surface area contributed by atoms with Crippen molar-refractivity contribution in [1.29, 1.82) is 0 Å². The molecule has 0 bridgehead atoms. The van der Waals surface area contributed by atoms with Crippen LogP contribution < -0.4 is 10.6 Å². The maximum atomic E-state index is 5.30. The van der Waals surface area contributed by atoms with Crippen molar-refractivity contribution in [3.8, 4) is 0 Å². The van der Waals surface area contributed by atoms with Gasteiger partial charge in [0.1, 0.15) is 0 Å². The van der Waals surface area contributed by atoms with E-state index >= 15 is 0 Å². The predicted molar refractivity (Wildman–Crippen MR) is 111 cm³/mol. The fourth-order valence-electron chi connectivity index (χ4n) is 2.12. The van der Waals surface area contributed by atoms with E-state index in [1.807, 2.05) is 33.8 Å². The number of benzene rings is 1. The zero-order valence-electron chi connectivity index (χ0n) is 15.6. The molecule has 1 heterocycles. The van der Waals surface area contributed by atoms with E-state index in [1.54, 1.807) is 0 Å². The highest BCUT2D eigenvalue weighted by atomic mass is 127. The minimum absolute atomic E-state index is 0. The Kier molecular flexibility index (Phi) is 8.34. The van der Waals surface area contributed by atoms with Crippen molar-refractivity contribution in [3.05, 3.63) is 47.1 Å². The number of rotatable bonds is 5. The third-order valence-electron chi connectivity index (χ3n) is 3.37. The van der Waals surface area contributed by atoms with Crippen LogP contribution in [-0.4, -0.2) is 22.6 Å². The van der Waals surface area contributed by atoms with Gasteiger partial charge in [0, 0.05) is 12.0 Å². The van der Waals surface area contributed by atoms with Crippen LogP contribution in [0.25, 0.3) is 0 Å². The van der Waals surface area contributed by atoms with E-state index in [0.717, 1.165) is 12.5 Å². The predicted octanol–water partition coefficient (Wildman–Crippen LogP) is 3.55. The van der Waals surface area contributed by atoms with E-state index < -0.39 is 0 Å². The van der Waals surface area contributed by atoms with Gasteiger partial charge in [0.05, 0.1) is 13.1 Å². The molecule has 6 nitrogen and oxygen atoms in total. The number of aromatic nitrogens is 2. The van der Waals surface area contributed by atoms with Gasteiger partial charge >= 0.3 is 0 Å². The van der Waals surface area contributed by atoms with Gasteiger partial charge in [-0.05, 0) is 19.4 Å². The number of guanidine groups is 1. The van der Waals surface area contributed by atoms with Gasteiger partial charge in [-0.2, -0.15) is 4.98 Å². The SMILES string of the molecule is CCNC(=NCc1cccc(C)c1)NCc1noc(C(C)(C)C)n1.I. The van der Waals surface area contributed by atoms with Crippen LogP contribution in [0.1, 0.15) is 50.5 Å². The van der Waals surface area contributed by atoms with E-state index in [0.29, 0.717) is 24.8 Å². The number of nitrogens with zero attached hydrogens (tertiary/aromatic N) is 3. The molecule has 0 spiro atoms. The Morgan fingerprint density at radius 3 is 2.60 bits per heavy atom. The molecule has 0 saturated heterocycles. The molecule has 0 radical (unpaired) electrons. The number of hydrogen-bond acceptors (Lipinski definition) is 4. The Bertz CT molecular complexity index is 691. The topological polar surface area (TPSA) is 75.3 Å². The van der Waals surface area contributed by atoms with Crippen LogP contribution in [0.15, 0.2) is 33.8 Å². The second-order valence-electron chi connectivity index (χ2n) is 6.80. The molecular formula is C18H28IN5O. The summed E-state index contributed by atoms with van der Waals surface area (Å²) < 4.78 is 5.30. The van der Waals surface area contributed by atoms with Gasteiger partial charge < -0.3 is 15.2 Å². The van der Waals surface area contributed by atoms with Crippen molar-refractivity contribution in [3.63, 3.8) is 0 Å². The third-order valence-corrected chi connectivity index (χ3v) is 3.37. The van der Waals surface area contributed by atoms with Crippen LogP contribution in [-0.2, 0) is 18.5 Å². The van der Waals surface area contributed by atoms with Gasteiger partial charge in [0.25, 0.3) is 0 Å². The van der Waals surface area contributed by atoms with Crippen molar-refractivity contribution in [2.75, 3.05) is 6.54 Å². The summed E-state index contributed by atoms with van der Waals surface area (Å²) in [5.74, 6) is 2.00. The smallest absolute Gasteiger partial charge is 0.232 e. The first kappa shape index (κ1) is 21.4. The zero-order valence-corrected chi connectivity index (χ0v) is 17.9. The normalized spacial score (nSPS) is 11.8. The van der Waals surface area contributed by atoms with E-state index in [1.165, 1.54) is 11.1 Å². The molecule has 138 valence electrons. The molecule has 2 aromatic rings. The molecule has 25 heavy (non-hydrogen) atoms. The van der Waals surface area contributed by atoms with Crippen LogP contribution in [0, 0.1) is 6.92 Å². The Morgan fingerprint density at radius 1 is 1.24 bits per heavy atom. The zero-order chi connectivity index (χ0) is 17.6. The van der Waals surface area contributed by atoms with E-state index in [-0.39, 0.29) is 29.4 Å². The average molecular weight is 457 g/mol. The lowest BCUT2D eigenvalue weighted by Crippen LogP contribution is -2.37. The highest BCUT2D eigenvalue weighted by molar-refractivity contribution is 14.0. The van der Waals surface area contributed by atoms with Crippen LogP contribution in [0.4, 0.5) is 0 Å². The van der Waals surface area contributed by atoms with E-state index in [4.69, 9.17) is 4.52 Å². The molecule has 2 N–H and O–H groups in total. The van der Waals surface area contributed by atoms with Gasteiger partial charge in [-0.25, -0.2) is 4.99 Å². The van der Waals surface area contributed by atoms with Crippen molar-refractivity contribution < 1.29 is 4.52 Å². The number of nitrogens with one attached hydrogen (secondary N) is 2. The van der Waals surface area contributed by atoms with Gasteiger partial charge in [-0.1, -0.05) is 55.8 Å². The summed E-state index contributed by atoms with van der Waals surface area (Å²) >= 11 is 0. The lowest BCUT2D eigenvalue weighted by atomic mass is 9.97. The quantitative estimate of drug-likeness (QED) is 0.408. The first-order chi connectivity index (χ1) is 11.4. The van der Waals surface area contributed by atoms with E-state index in [9.17, 15) is 0 Å². The Morgan fingerprint density at radius 2 is 2.00 bits per heavy atom. The van der Waals surface area contributed by atoms with Crippen molar-refractivity contribution in [2.24, 2.45) is 4.99 Å². The second kappa shape index (κ2) is 9.74. The van der Waals surface area contributed by atoms with Gasteiger partial charge in [0.2, 0.25) is 5.89 Å². The standard InChI is InChI=1S/C18H27N5O.HI/c1-6-19-17(20-11-14-9-7-8-13(2)10-14)21-12-15-22-16(24-23-15)18(3,4)5;/h7-10H,6,11-12H2,1-5H3,(H2,19,20,21);1H. The fourth-order valence-corrected chi connectivity index (χ4v) is 2.12. The van der Waals surface area contributed by atoms with Crippen LogP contribution in [0.3, 0.4) is 0 Å². The minimum atomic E-state index is -0.144. The maximum Gasteiger partial charge on any atom is 0.232 e. The van der Waals surface area contributed by atoms with Gasteiger partial charge in [0.15, 0.2) is 11.8 Å². The summed E-state index contributed by atoms with van der Waals surface area (Å²) in [5.41, 5.74) is 2.28. The first-order valence-electron chi connectivity index (χ1n) is 8.29. The lowest BCUT2D eigenvalue weighted by Gasteiger charge is -2.11. The molecule has 0 aliphatic rings. The molecule has 0 fully saturated rings. The highest BCUT2D eigenvalue weighted by Crippen LogP contribution is 2.19. The molecule has 7 heteroatoms. The summed E-state index contributed by atoms with van der Waals surface area (Å²) in [6, 6.07) is 8.35. The molecule has 2 rings (SSSR count). The summed E-state index contributed by atoms with van der Waals surface area (Å²) in [5, 5.41) is 10.5. The molecule has 0 saturated carbocycles. The Hall–Kier alpha value is -1.64. The molecule has 0 amide bonds. The maximum absolute atomic E-state index is 5.30. The van der Waals surface area contributed by atoms with Crippen LogP contribution >= 0.6 is 24.0 Å². The molecular weight excluding hydrogens is 429 g/mol. The molecule has 0 aliphatic carbocycles. The van der Waals surface area contributed by atoms with Crippen molar-refractivity contribution >= 4 is 29.9 Å². The van der Waals surface area contributed by atoms with Gasteiger partial charge in [-0.15, -0.1) is 24.0 Å². The van der Waals surface area contributed by atoms with Gasteiger partial charge in [-0.3, -0.25) is 0 Å². The molecule has 0 atom stereocenters. The molecule has 0 aliphatic heterocycles. The summed E-state index contributed by atoms with van der Waals surface area (Å²) in [7, 11) is 0. The van der Waals surface area contributed by atoms with Crippen LogP contribution in [0.2, 0.25) is 0 Å². The van der Waals surface area contributed by atoms with Crippen molar-refractivity contribution in [2.45, 2.75) is 53.1 Å². The number of hydrogen-bond donors (Lipinski definition) is 2. The monoisotopic (exact) mass is 457 g/mol. The number of halogens is 1. The minimum Gasteiger partial charge on any atom is -0.357 e. The van der Waals surface area contributed by atoms with Crippen LogP contribution in [0.5, 0.6) is 0 Å². The summed E-state index contributed by atoms with van der Waals surface area (Å²) in [4.78, 5) is 9.02. The molecule has 0 unspecified atom stereocenters. The first-order valence-corrected chi connectivity index (χ1v) is 8.29. The summed E-state index contributed by atoms with van der Waals surface area (Å²) in [6.07, 6.45) is 0. The largest absolute Gasteiger partial charge is 0.357 e. The van der Waals surface area contributed by atoms with E-state index in [2.05, 4.69) is 50.9 Å². The average Bonchev–Trinajstić information content (AvgIpc) is 2.99.